The zero-order valence-corrected chi connectivity index (χ0v) is 20.5. The van der Waals surface area contributed by atoms with E-state index in [4.69, 9.17) is 21.1 Å². The lowest BCUT2D eigenvalue weighted by Gasteiger charge is -2.33. The molecule has 7 nitrogen and oxygen atoms in total. The lowest BCUT2D eigenvalue weighted by molar-refractivity contribution is -0.173. The van der Waals surface area contributed by atoms with Crippen molar-refractivity contribution in [3.8, 4) is 11.5 Å². The summed E-state index contributed by atoms with van der Waals surface area (Å²) in [5, 5.41) is 11.3. The predicted molar refractivity (Wildman–Crippen MR) is 135 cm³/mol. The number of methoxy groups -OCH3 is 2. The minimum atomic E-state index is -4.63. The Bertz CT molecular complexity index is 1480. The number of nitrogens with one attached hydrogen (secondary N) is 2. The second-order valence-corrected chi connectivity index (χ2v) is 8.92. The molecule has 2 heterocycles. The van der Waals surface area contributed by atoms with Crippen LogP contribution in [0.2, 0.25) is 5.02 Å². The molecule has 37 heavy (non-hydrogen) atoms. The van der Waals surface area contributed by atoms with Crippen molar-refractivity contribution in [2.45, 2.75) is 24.7 Å². The van der Waals surface area contributed by atoms with Crippen molar-refractivity contribution in [1.29, 1.82) is 0 Å². The molecule has 11 heteroatoms. The molecule has 3 aromatic carbocycles. The summed E-state index contributed by atoms with van der Waals surface area (Å²) in [4.78, 5) is 13.1. The van der Waals surface area contributed by atoms with E-state index in [0.717, 1.165) is 15.5 Å². The summed E-state index contributed by atoms with van der Waals surface area (Å²) in [6.07, 6.45) is -5.00. The Morgan fingerprint density at radius 2 is 1.81 bits per heavy atom. The average molecular weight is 531 g/mol. The molecule has 0 spiro atoms. The SMILES string of the molecule is COc1ccc([C@H]2C[C@H](C(F)(F)F)n3nc(C(=O)Nc4cccc5ccccc45)c(Cl)c3N2)cc1OC. The molecular formula is C26H22ClF3N4O3. The first-order valence-corrected chi connectivity index (χ1v) is 11.7. The first-order valence-electron chi connectivity index (χ1n) is 11.3. The van der Waals surface area contributed by atoms with Crippen molar-refractivity contribution in [3.05, 3.63) is 76.9 Å². The molecule has 0 saturated heterocycles. The molecule has 1 amide bonds. The molecule has 0 bridgehead atoms. The Labute approximate surface area is 215 Å². The highest BCUT2D eigenvalue weighted by molar-refractivity contribution is 6.36. The molecule has 0 fully saturated rings. The highest BCUT2D eigenvalue weighted by atomic mass is 35.5. The molecule has 5 rings (SSSR count). The van der Waals surface area contributed by atoms with Gasteiger partial charge < -0.3 is 20.1 Å². The number of carbonyl (C=O) groups is 1. The number of ether oxygens (including phenoxy) is 2. The number of benzene rings is 3. The number of hydrogen-bond donors (Lipinski definition) is 2. The van der Waals surface area contributed by atoms with Gasteiger partial charge in [-0.3, -0.25) is 4.79 Å². The number of aromatic nitrogens is 2. The number of rotatable bonds is 5. The Balaban J connectivity index is 1.51. The standard InChI is InChI=1S/C26H22ClF3N4O3/c1-36-19-11-10-15(12-20(19)37-2)18-13-21(26(28,29)30)34-24(31-18)22(27)23(33-34)25(35)32-17-9-5-7-14-6-3-4-8-16(14)17/h3-12,18,21,31H,13H2,1-2H3,(H,32,35)/t18-,21-/m1/s1. The van der Waals surface area contributed by atoms with Gasteiger partial charge in [-0.2, -0.15) is 18.3 Å². The third-order valence-electron chi connectivity index (χ3n) is 6.36. The number of alkyl halides is 3. The minimum Gasteiger partial charge on any atom is -0.493 e. The summed E-state index contributed by atoms with van der Waals surface area (Å²) in [6, 6.07) is 14.9. The van der Waals surface area contributed by atoms with Crippen LogP contribution in [0.1, 0.15) is 34.6 Å². The number of fused-ring (bicyclic) bond motifs is 2. The quantitative estimate of drug-likeness (QED) is 0.303. The van der Waals surface area contributed by atoms with Gasteiger partial charge in [-0.15, -0.1) is 0 Å². The summed E-state index contributed by atoms with van der Waals surface area (Å²) in [5.41, 5.74) is 0.727. The van der Waals surface area contributed by atoms with Gasteiger partial charge in [-0.1, -0.05) is 54.1 Å². The van der Waals surface area contributed by atoms with Gasteiger partial charge in [0.25, 0.3) is 5.91 Å². The lowest BCUT2D eigenvalue weighted by Crippen LogP contribution is -2.35. The van der Waals surface area contributed by atoms with Crippen LogP contribution in [-0.4, -0.2) is 36.1 Å². The van der Waals surface area contributed by atoms with Crippen molar-refractivity contribution in [1.82, 2.24) is 9.78 Å². The van der Waals surface area contributed by atoms with E-state index in [9.17, 15) is 18.0 Å². The first-order chi connectivity index (χ1) is 17.7. The smallest absolute Gasteiger partial charge is 0.410 e. The van der Waals surface area contributed by atoms with Crippen molar-refractivity contribution < 1.29 is 27.4 Å². The maximum Gasteiger partial charge on any atom is 0.410 e. The number of amides is 1. The second kappa shape index (κ2) is 9.51. The van der Waals surface area contributed by atoms with Crippen molar-refractivity contribution in [3.63, 3.8) is 0 Å². The van der Waals surface area contributed by atoms with Crippen LogP contribution in [0, 0.1) is 0 Å². The van der Waals surface area contributed by atoms with Crippen LogP contribution in [0.3, 0.4) is 0 Å². The fourth-order valence-corrected chi connectivity index (χ4v) is 4.80. The predicted octanol–water partition coefficient (Wildman–Crippen LogP) is 6.62. The zero-order valence-electron chi connectivity index (χ0n) is 19.8. The van der Waals surface area contributed by atoms with E-state index in [1.54, 1.807) is 30.3 Å². The van der Waals surface area contributed by atoms with Gasteiger partial charge in [0.15, 0.2) is 23.2 Å². The third-order valence-corrected chi connectivity index (χ3v) is 6.72. The monoisotopic (exact) mass is 530 g/mol. The summed E-state index contributed by atoms with van der Waals surface area (Å²) < 4.78 is 53.8. The number of anilines is 2. The lowest BCUT2D eigenvalue weighted by atomic mass is 9.96. The maximum absolute atomic E-state index is 14.2. The molecule has 0 saturated carbocycles. The Hall–Kier alpha value is -3.92. The van der Waals surface area contributed by atoms with E-state index >= 15 is 0 Å². The van der Waals surface area contributed by atoms with Gasteiger partial charge in [0, 0.05) is 17.5 Å². The number of halogens is 4. The third kappa shape index (κ3) is 4.53. The van der Waals surface area contributed by atoms with Crippen LogP contribution in [0.4, 0.5) is 24.7 Å². The summed E-state index contributed by atoms with van der Waals surface area (Å²) in [6.45, 7) is 0. The van der Waals surface area contributed by atoms with Gasteiger partial charge >= 0.3 is 6.18 Å². The van der Waals surface area contributed by atoms with Crippen molar-refractivity contribution in [2.24, 2.45) is 0 Å². The Kier molecular flexibility index (Phi) is 6.36. The molecule has 0 unspecified atom stereocenters. The van der Waals surface area contributed by atoms with Crippen molar-refractivity contribution in [2.75, 3.05) is 24.9 Å². The van der Waals surface area contributed by atoms with Crippen LogP contribution >= 0.6 is 11.6 Å². The molecule has 2 atom stereocenters. The van der Waals surface area contributed by atoms with E-state index in [1.165, 1.54) is 14.2 Å². The number of carbonyl (C=O) groups excluding carboxylic acids is 1. The molecule has 192 valence electrons. The van der Waals surface area contributed by atoms with Gasteiger partial charge in [0.05, 0.1) is 20.3 Å². The Morgan fingerprint density at radius 1 is 1.08 bits per heavy atom. The van der Waals surface area contributed by atoms with E-state index in [0.29, 0.717) is 22.7 Å². The highest BCUT2D eigenvalue weighted by Gasteiger charge is 2.48. The second-order valence-electron chi connectivity index (χ2n) is 8.54. The molecule has 0 radical (unpaired) electrons. The highest BCUT2D eigenvalue weighted by Crippen LogP contribution is 2.47. The minimum absolute atomic E-state index is 0.0851. The molecular weight excluding hydrogens is 509 g/mol. The van der Waals surface area contributed by atoms with Crippen LogP contribution in [0.25, 0.3) is 10.8 Å². The zero-order chi connectivity index (χ0) is 26.3. The van der Waals surface area contributed by atoms with Crippen LogP contribution in [0.5, 0.6) is 11.5 Å². The maximum atomic E-state index is 14.2. The molecule has 2 N–H and O–H groups in total. The fraction of sp³-hybridized carbons (Fsp3) is 0.231. The average Bonchev–Trinajstić information content (AvgIpc) is 3.23. The topological polar surface area (TPSA) is 77.4 Å². The molecule has 4 aromatic rings. The molecule has 0 aliphatic carbocycles. The fourth-order valence-electron chi connectivity index (χ4n) is 4.54. The van der Waals surface area contributed by atoms with E-state index < -0.39 is 24.2 Å². The van der Waals surface area contributed by atoms with Gasteiger partial charge in [0.1, 0.15) is 10.8 Å². The largest absolute Gasteiger partial charge is 0.493 e. The first kappa shape index (κ1) is 24.8. The van der Waals surface area contributed by atoms with Crippen LogP contribution < -0.4 is 20.1 Å². The normalized spacial score (nSPS) is 17.1. The molecule has 1 aliphatic heterocycles. The van der Waals surface area contributed by atoms with Crippen LogP contribution in [-0.2, 0) is 0 Å². The Morgan fingerprint density at radius 3 is 2.54 bits per heavy atom. The summed E-state index contributed by atoms with van der Waals surface area (Å²) in [7, 11) is 2.92. The molecule has 1 aliphatic rings. The number of nitrogens with zero attached hydrogens (tertiary/aromatic N) is 2. The van der Waals surface area contributed by atoms with Gasteiger partial charge in [-0.25, -0.2) is 4.68 Å². The summed E-state index contributed by atoms with van der Waals surface area (Å²) >= 11 is 6.48. The number of hydrogen-bond acceptors (Lipinski definition) is 5. The van der Waals surface area contributed by atoms with Crippen LogP contribution in [0.15, 0.2) is 60.7 Å². The van der Waals surface area contributed by atoms with Crippen molar-refractivity contribution >= 4 is 39.8 Å². The van der Waals surface area contributed by atoms with Gasteiger partial charge in [-0.05, 0) is 29.1 Å². The molecule has 1 aromatic heterocycles. The van der Waals surface area contributed by atoms with E-state index in [2.05, 4.69) is 15.7 Å². The van der Waals surface area contributed by atoms with Gasteiger partial charge in [0.2, 0.25) is 0 Å². The summed E-state index contributed by atoms with van der Waals surface area (Å²) in [5.74, 6) is 0.0299. The van der Waals surface area contributed by atoms with E-state index in [-0.39, 0.29) is 23.0 Å². The van der Waals surface area contributed by atoms with E-state index in [1.807, 2.05) is 30.3 Å².